The van der Waals surface area contributed by atoms with Gasteiger partial charge in [-0.3, -0.25) is 0 Å². The molecule has 0 nitrogen and oxygen atoms in total. The third-order valence-corrected chi connectivity index (χ3v) is 2.16. The second-order valence-corrected chi connectivity index (χ2v) is 3.36. The summed E-state index contributed by atoms with van der Waals surface area (Å²) in [7, 11) is 0. The molecule has 0 aliphatic carbocycles. The minimum Gasteiger partial charge on any atom is -0.206 e. The van der Waals surface area contributed by atoms with Crippen molar-refractivity contribution in [2.45, 2.75) is 4.90 Å². The Morgan fingerprint density at radius 2 is 1.80 bits per heavy atom. The van der Waals surface area contributed by atoms with Crippen molar-refractivity contribution in [3.05, 3.63) is 27.3 Å². The fourth-order valence-corrected chi connectivity index (χ4v) is 1.12. The number of thiol groups is 1. The highest BCUT2D eigenvalue weighted by molar-refractivity contribution is 14.1. The normalized spacial score (nSPS) is 10.0. The monoisotopic (exact) mass is 272 g/mol. The molecule has 0 heterocycles. The third kappa shape index (κ3) is 1.60. The van der Waals surface area contributed by atoms with Gasteiger partial charge in [0.25, 0.3) is 0 Å². The number of hydrogen-bond acceptors (Lipinski definition) is 1. The second kappa shape index (κ2) is 3.04. The lowest BCUT2D eigenvalue weighted by atomic mass is 10.3. The number of benzene rings is 1. The van der Waals surface area contributed by atoms with Crippen LogP contribution < -0.4 is 0 Å². The predicted octanol–water partition coefficient (Wildman–Crippen LogP) is 2.86. The average molecular weight is 272 g/mol. The van der Waals surface area contributed by atoms with Gasteiger partial charge in [0.05, 0.1) is 3.57 Å². The molecular formula is C6H3F2IS. The molecule has 0 saturated carbocycles. The van der Waals surface area contributed by atoms with E-state index in [4.69, 9.17) is 0 Å². The van der Waals surface area contributed by atoms with Crippen LogP contribution >= 0.6 is 35.2 Å². The lowest BCUT2D eigenvalue weighted by molar-refractivity contribution is 0.572. The zero-order chi connectivity index (χ0) is 7.72. The van der Waals surface area contributed by atoms with E-state index in [-0.39, 0.29) is 8.47 Å². The van der Waals surface area contributed by atoms with Crippen molar-refractivity contribution in [1.82, 2.24) is 0 Å². The van der Waals surface area contributed by atoms with Crippen molar-refractivity contribution in [2.75, 3.05) is 0 Å². The van der Waals surface area contributed by atoms with E-state index in [0.717, 1.165) is 12.1 Å². The highest BCUT2D eigenvalue weighted by Crippen LogP contribution is 2.18. The molecule has 1 rings (SSSR count). The van der Waals surface area contributed by atoms with Crippen LogP contribution in [0.15, 0.2) is 17.0 Å². The molecular weight excluding hydrogens is 269 g/mol. The van der Waals surface area contributed by atoms with Gasteiger partial charge in [0, 0.05) is 4.90 Å². The molecule has 0 aromatic heterocycles. The smallest absolute Gasteiger partial charge is 0.137 e. The number of halogens is 3. The van der Waals surface area contributed by atoms with E-state index in [9.17, 15) is 8.78 Å². The average Bonchev–Trinajstić information content (AvgIpc) is 1.84. The van der Waals surface area contributed by atoms with Crippen LogP contribution in [0.1, 0.15) is 0 Å². The Morgan fingerprint density at radius 3 is 2.30 bits per heavy atom. The molecule has 0 unspecified atom stereocenters. The highest BCUT2D eigenvalue weighted by Gasteiger charge is 2.03. The highest BCUT2D eigenvalue weighted by atomic mass is 127. The molecule has 1 aromatic rings. The van der Waals surface area contributed by atoms with Gasteiger partial charge in [-0.05, 0) is 34.7 Å². The van der Waals surface area contributed by atoms with Crippen LogP contribution in [0.4, 0.5) is 8.78 Å². The standard InChI is InChI=1S/C6H3F2IS/c7-3-2-6(10)4(8)1-5(3)9/h1-2,10H. The first-order valence-electron chi connectivity index (χ1n) is 2.45. The molecule has 54 valence electrons. The van der Waals surface area contributed by atoms with Crippen LogP contribution in [-0.2, 0) is 0 Å². The maximum absolute atomic E-state index is 12.5. The third-order valence-electron chi connectivity index (χ3n) is 0.990. The Balaban J connectivity index is 3.28. The second-order valence-electron chi connectivity index (χ2n) is 1.72. The summed E-state index contributed by atoms with van der Waals surface area (Å²) in [5.41, 5.74) is 0. The summed E-state index contributed by atoms with van der Waals surface area (Å²) in [5, 5.41) is 0. The Kier molecular flexibility index (Phi) is 2.51. The molecule has 0 fully saturated rings. The molecule has 1 aromatic carbocycles. The Hall–Kier alpha value is 0.160. The summed E-state index contributed by atoms with van der Waals surface area (Å²) in [6.07, 6.45) is 0. The van der Waals surface area contributed by atoms with Gasteiger partial charge in [-0.1, -0.05) is 0 Å². The summed E-state index contributed by atoms with van der Waals surface area (Å²) in [6, 6.07) is 2.17. The lowest BCUT2D eigenvalue weighted by Crippen LogP contribution is -1.85. The van der Waals surface area contributed by atoms with Crippen LogP contribution in [0.25, 0.3) is 0 Å². The van der Waals surface area contributed by atoms with E-state index in [1.54, 1.807) is 22.6 Å². The van der Waals surface area contributed by atoms with Crippen molar-refractivity contribution < 1.29 is 8.78 Å². The van der Waals surface area contributed by atoms with E-state index in [2.05, 4.69) is 12.6 Å². The van der Waals surface area contributed by atoms with Gasteiger partial charge in [-0.2, -0.15) is 0 Å². The van der Waals surface area contributed by atoms with E-state index in [1.165, 1.54) is 0 Å². The molecule has 0 bridgehead atoms. The molecule has 0 saturated heterocycles. The SMILES string of the molecule is Fc1cc(I)c(F)cc1S. The topological polar surface area (TPSA) is 0 Å². The maximum atomic E-state index is 12.5. The van der Waals surface area contributed by atoms with Crippen LogP contribution in [0.2, 0.25) is 0 Å². The van der Waals surface area contributed by atoms with E-state index in [0.29, 0.717) is 0 Å². The first-order chi connectivity index (χ1) is 4.61. The molecule has 0 spiro atoms. The molecule has 0 aliphatic rings. The predicted molar refractivity (Wildman–Crippen MR) is 46.3 cm³/mol. The minimum absolute atomic E-state index is 0.0397. The molecule has 0 atom stereocenters. The van der Waals surface area contributed by atoms with E-state index < -0.39 is 11.6 Å². The van der Waals surface area contributed by atoms with E-state index in [1.807, 2.05) is 0 Å². The Morgan fingerprint density at radius 1 is 1.20 bits per heavy atom. The maximum Gasteiger partial charge on any atom is 0.137 e. The minimum atomic E-state index is -0.492. The van der Waals surface area contributed by atoms with Gasteiger partial charge >= 0.3 is 0 Å². The van der Waals surface area contributed by atoms with E-state index >= 15 is 0 Å². The Labute approximate surface area is 76.2 Å². The summed E-state index contributed by atoms with van der Waals surface area (Å²) in [4.78, 5) is 0.0397. The summed E-state index contributed by atoms with van der Waals surface area (Å²) >= 11 is 5.41. The zero-order valence-electron chi connectivity index (χ0n) is 4.74. The summed E-state index contributed by atoms with van der Waals surface area (Å²) in [6.45, 7) is 0. The van der Waals surface area contributed by atoms with Gasteiger partial charge in [0.1, 0.15) is 11.6 Å². The van der Waals surface area contributed by atoms with Crippen LogP contribution in [0.5, 0.6) is 0 Å². The van der Waals surface area contributed by atoms with Crippen LogP contribution in [0.3, 0.4) is 0 Å². The lowest BCUT2D eigenvalue weighted by Gasteiger charge is -1.96. The van der Waals surface area contributed by atoms with Gasteiger partial charge < -0.3 is 0 Å². The largest absolute Gasteiger partial charge is 0.206 e. The van der Waals surface area contributed by atoms with Crippen LogP contribution in [0, 0.1) is 15.2 Å². The first kappa shape index (κ1) is 8.26. The van der Waals surface area contributed by atoms with Gasteiger partial charge in [0.15, 0.2) is 0 Å². The molecule has 0 amide bonds. The zero-order valence-corrected chi connectivity index (χ0v) is 7.79. The summed E-state index contributed by atoms with van der Waals surface area (Å²) < 4.78 is 25.3. The number of hydrogen-bond donors (Lipinski definition) is 1. The van der Waals surface area contributed by atoms with Gasteiger partial charge in [-0.15, -0.1) is 12.6 Å². The van der Waals surface area contributed by atoms with Crippen molar-refractivity contribution in [1.29, 1.82) is 0 Å². The number of rotatable bonds is 0. The van der Waals surface area contributed by atoms with Crippen LogP contribution in [-0.4, -0.2) is 0 Å². The molecule has 0 radical (unpaired) electrons. The molecule has 10 heavy (non-hydrogen) atoms. The molecule has 4 heteroatoms. The quantitative estimate of drug-likeness (QED) is 0.419. The fourth-order valence-electron chi connectivity index (χ4n) is 0.512. The Bertz CT molecular complexity index is 212. The molecule has 0 N–H and O–H groups in total. The van der Waals surface area contributed by atoms with Crippen molar-refractivity contribution in [2.24, 2.45) is 0 Å². The van der Waals surface area contributed by atoms with Gasteiger partial charge in [-0.25, -0.2) is 8.78 Å². The van der Waals surface area contributed by atoms with Crippen molar-refractivity contribution >= 4 is 35.2 Å². The van der Waals surface area contributed by atoms with Gasteiger partial charge in [0.2, 0.25) is 0 Å². The first-order valence-corrected chi connectivity index (χ1v) is 3.97. The molecule has 0 aliphatic heterocycles. The van der Waals surface area contributed by atoms with Crippen molar-refractivity contribution in [3.8, 4) is 0 Å². The summed E-state index contributed by atoms with van der Waals surface area (Å²) in [5.74, 6) is -0.930. The van der Waals surface area contributed by atoms with Crippen molar-refractivity contribution in [3.63, 3.8) is 0 Å². The fraction of sp³-hybridized carbons (Fsp3) is 0.